The van der Waals surface area contributed by atoms with E-state index in [9.17, 15) is 0 Å². The molecule has 0 heterocycles. The van der Waals surface area contributed by atoms with Gasteiger partial charge in [0.1, 0.15) is 0 Å². The molecule has 0 aliphatic carbocycles. The fourth-order valence-electron chi connectivity index (χ4n) is 2.18. The molecule has 7 N–H and O–H groups in total. The summed E-state index contributed by atoms with van der Waals surface area (Å²) in [7, 11) is 5.67. The van der Waals surface area contributed by atoms with E-state index in [2.05, 4.69) is 16.0 Å². The third-order valence-corrected chi connectivity index (χ3v) is 3.13. The molecular weight excluding hydrogens is 226 g/mol. The molecule has 18 heavy (non-hydrogen) atoms. The topological polar surface area (TPSA) is 88.1 Å². The normalized spacial score (nSPS) is 10.4. The van der Waals surface area contributed by atoms with Gasteiger partial charge in [0.05, 0.1) is 22.7 Å². The molecule has 0 unspecified atom stereocenters. The van der Waals surface area contributed by atoms with Crippen LogP contribution in [-0.2, 0) is 0 Å². The molecule has 0 saturated heterocycles. The van der Waals surface area contributed by atoms with Crippen LogP contribution in [0.5, 0.6) is 0 Å². The monoisotopic (exact) mass is 245 g/mol. The van der Waals surface area contributed by atoms with Gasteiger partial charge in [-0.25, -0.2) is 0 Å². The molecule has 0 aliphatic heterocycles. The Morgan fingerprint density at radius 3 is 1.78 bits per heavy atom. The second-order valence-corrected chi connectivity index (χ2v) is 4.12. The minimum Gasteiger partial charge on any atom is -0.397 e. The van der Waals surface area contributed by atoms with E-state index < -0.39 is 0 Å². The van der Waals surface area contributed by atoms with Crippen LogP contribution in [0.3, 0.4) is 0 Å². The van der Waals surface area contributed by atoms with Crippen molar-refractivity contribution in [3.05, 3.63) is 18.2 Å². The van der Waals surface area contributed by atoms with Crippen LogP contribution in [0.1, 0.15) is 0 Å². The van der Waals surface area contributed by atoms with Gasteiger partial charge < -0.3 is 27.4 Å². The van der Waals surface area contributed by atoms with Crippen LogP contribution in [0.4, 0.5) is 28.4 Å². The Balaban J connectivity index is 2.90. The quantitative estimate of drug-likeness (QED) is 0.535. The first-order chi connectivity index (χ1) is 8.62. The molecule has 0 spiro atoms. The first-order valence-corrected chi connectivity index (χ1v) is 5.81. The first-order valence-electron chi connectivity index (χ1n) is 5.81. The number of nitrogen functional groups attached to an aromatic ring is 2. The van der Waals surface area contributed by atoms with Crippen LogP contribution in [-0.4, -0.2) is 21.1 Å². The lowest BCUT2D eigenvalue weighted by Crippen LogP contribution is -2.02. The van der Waals surface area contributed by atoms with E-state index in [0.717, 1.165) is 27.8 Å². The fourth-order valence-corrected chi connectivity index (χ4v) is 2.18. The Morgan fingerprint density at radius 2 is 1.28 bits per heavy atom. The summed E-state index contributed by atoms with van der Waals surface area (Å²) in [6, 6.07) is 5.85. The van der Waals surface area contributed by atoms with Crippen LogP contribution in [0.25, 0.3) is 10.8 Å². The third-order valence-electron chi connectivity index (χ3n) is 3.13. The number of hydrogen-bond acceptors (Lipinski definition) is 5. The average molecular weight is 245 g/mol. The van der Waals surface area contributed by atoms with Crippen molar-refractivity contribution in [2.45, 2.75) is 0 Å². The molecule has 2 aromatic carbocycles. The average Bonchev–Trinajstić information content (AvgIpc) is 2.38. The number of hydrogen-bond donors (Lipinski definition) is 5. The smallest absolute Gasteiger partial charge is 0.0655 e. The minimum absolute atomic E-state index is 0.592. The van der Waals surface area contributed by atoms with Crippen molar-refractivity contribution >= 4 is 39.2 Å². The molecule has 0 aromatic heterocycles. The Hall–Kier alpha value is -2.30. The zero-order valence-electron chi connectivity index (χ0n) is 10.9. The number of rotatable bonds is 3. The van der Waals surface area contributed by atoms with Crippen LogP contribution in [0, 0.1) is 0 Å². The molecule has 0 bridgehead atoms. The molecule has 0 aliphatic rings. The lowest BCUT2D eigenvalue weighted by molar-refractivity contribution is 1.46. The van der Waals surface area contributed by atoms with Crippen LogP contribution >= 0.6 is 0 Å². The summed E-state index contributed by atoms with van der Waals surface area (Å²) in [4.78, 5) is 0. The number of anilines is 5. The highest BCUT2D eigenvalue weighted by molar-refractivity contribution is 6.09. The van der Waals surface area contributed by atoms with Crippen molar-refractivity contribution in [2.24, 2.45) is 0 Å². The maximum atomic E-state index is 5.90. The second kappa shape index (κ2) is 4.52. The maximum absolute atomic E-state index is 5.90. The molecule has 0 radical (unpaired) electrons. The van der Waals surface area contributed by atoms with E-state index in [1.54, 1.807) is 0 Å². The van der Waals surface area contributed by atoms with Crippen LogP contribution in [0.2, 0.25) is 0 Å². The van der Waals surface area contributed by atoms with E-state index in [0.29, 0.717) is 11.4 Å². The number of nitrogens with one attached hydrogen (secondary N) is 3. The van der Waals surface area contributed by atoms with Crippen molar-refractivity contribution in [1.82, 2.24) is 0 Å². The molecular formula is C13H19N5. The predicted molar refractivity (Wildman–Crippen MR) is 81.4 cm³/mol. The van der Waals surface area contributed by atoms with E-state index in [-0.39, 0.29) is 0 Å². The van der Waals surface area contributed by atoms with Gasteiger partial charge in [-0.15, -0.1) is 0 Å². The Kier molecular flexibility index (Phi) is 3.06. The van der Waals surface area contributed by atoms with Gasteiger partial charge in [-0.3, -0.25) is 0 Å². The highest BCUT2D eigenvalue weighted by atomic mass is 14.9. The van der Waals surface area contributed by atoms with Crippen molar-refractivity contribution < 1.29 is 0 Å². The standard InChI is InChI=1S/C13H19N5/c1-16-11-6-12(17-2)13(18-3)8-5-10(15)9(14)4-7(8)11/h4-6,16-18H,14-15H2,1-3H3. The van der Waals surface area contributed by atoms with Crippen LogP contribution < -0.4 is 27.4 Å². The van der Waals surface area contributed by atoms with E-state index in [1.807, 2.05) is 39.3 Å². The predicted octanol–water partition coefficient (Wildman–Crippen LogP) is 2.13. The number of benzene rings is 2. The minimum atomic E-state index is 0.592. The Morgan fingerprint density at radius 1 is 0.722 bits per heavy atom. The zero-order chi connectivity index (χ0) is 13.3. The van der Waals surface area contributed by atoms with Gasteiger partial charge in [0.15, 0.2) is 0 Å². The van der Waals surface area contributed by atoms with Crippen molar-refractivity contribution in [2.75, 3.05) is 48.6 Å². The van der Waals surface area contributed by atoms with Crippen LogP contribution in [0.15, 0.2) is 18.2 Å². The SMILES string of the molecule is CNc1cc(NC)c2cc(N)c(N)cc2c1NC. The zero-order valence-corrected chi connectivity index (χ0v) is 10.9. The lowest BCUT2D eigenvalue weighted by Gasteiger charge is -2.17. The third kappa shape index (κ3) is 1.73. The molecule has 96 valence electrons. The summed E-state index contributed by atoms with van der Waals surface area (Å²) in [6.45, 7) is 0. The molecule has 0 fully saturated rings. The molecule has 2 aromatic rings. The fraction of sp³-hybridized carbons (Fsp3) is 0.231. The molecule has 5 heteroatoms. The van der Waals surface area contributed by atoms with Gasteiger partial charge in [0, 0.05) is 37.6 Å². The molecule has 5 nitrogen and oxygen atoms in total. The van der Waals surface area contributed by atoms with E-state index >= 15 is 0 Å². The summed E-state index contributed by atoms with van der Waals surface area (Å²) >= 11 is 0. The summed E-state index contributed by atoms with van der Waals surface area (Å²) in [6.07, 6.45) is 0. The lowest BCUT2D eigenvalue weighted by atomic mass is 10.0. The highest BCUT2D eigenvalue weighted by Crippen LogP contribution is 2.39. The van der Waals surface area contributed by atoms with E-state index in [4.69, 9.17) is 11.5 Å². The Bertz CT molecular complexity index is 592. The van der Waals surface area contributed by atoms with Gasteiger partial charge in [-0.05, 0) is 18.2 Å². The van der Waals surface area contributed by atoms with E-state index in [1.165, 1.54) is 0 Å². The number of nitrogens with two attached hydrogens (primary N) is 2. The van der Waals surface area contributed by atoms with Gasteiger partial charge in [0.2, 0.25) is 0 Å². The largest absolute Gasteiger partial charge is 0.397 e. The van der Waals surface area contributed by atoms with Gasteiger partial charge in [-0.2, -0.15) is 0 Å². The molecule has 0 saturated carbocycles. The van der Waals surface area contributed by atoms with Gasteiger partial charge >= 0.3 is 0 Å². The maximum Gasteiger partial charge on any atom is 0.0655 e. The summed E-state index contributed by atoms with van der Waals surface area (Å²) in [5.74, 6) is 0. The van der Waals surface area contributed by atoms with Crippen molar-refractivity contribution in [3.63, 3.8) is 0 Å². The molecule has 0 atom stereocenters. The molecule has 0 amide bonds. The van der Waals surface area contributed by atoms with Gasteiger partial charge in [0.25, 0.3) is 0 Å². The van der Waals surface area contributed by atoms with Crippen molar-refractivity contribution in [1.29, 1.82) is 0 Å². The Labute approximate surface area is 107 Å². The highest BCUT2D eigenvalue weighted by Gasteiger charge is 2.11. The molecule has 2 rings (SSSR count). The summed E-state index contributed by atoms with van der Waals surface area (Å²) < 4.78 is 0. The van der Waals surface area contributed by atoms with Crippen molar-refractivity contribution in [3.8, 4) is 0 Å². The first kappa shape index (κ1) is 12.2. The number of fused-ring (bicyclic) bond motifs is 1. The summed E-state index contributed by atoms with van der Waals surface area (Å²) in [5, 5.41) is 11.6. The second-order valence-electron chi connectivity index (χ2n) is 4.12. The van der Waals surface area contributed by atoms with Gasteiger partial charge in [-0.1, -0.05) is 0 Å². The summed E-state index contributed by atoms with van der Waals surface area (Å²) in [5.41, 5.74) is 16.0.